The van der Waals surface area contributed by atoms with Crippen LogP contribution in [0.25, 0.3) is 0 Å². The van der Waals surface area contributed by atoms with Crippen LogP contribution in [-0.4, -0.2) is 11.9 Å². The molecular formula is C23H24N3OS+. The molecule has 2 atom stereocenters. The second kappa shape index (κ2) is 9.32. The molecule has 142 valence electrons. The second-order valence-corrected chi connectivity index (χ2v) is 7.70. The summed E-state index contributed by atoms with van der Waals surface area (Å²) in [6, 6.07) is 21.7. The molecule has 0 saturated carbocycles. The van der Waals surface area contributed by atoms with E-state index in [1.807, 2.05) is 19.1 Å². The maximum absolute atomic E-state index is 12.8. The van der Waals surface area contributed by atoms with Gasteiger partial charge in [-0.3, -0.25) is 4.79 Å². The number of benzene rings is 2. The predicted octanol–water partition coefficient (Wildman–Crippen LogP) is 3.86. The van der Waals surface area contributed by atoms with Crippen molar-refractivity contribution < 1.29 is 10.1 Å². The summed E-state index contributed by atoms with van der Waals surface area (Å²) < 4.78 is 0. The van der Waals surface area contributed by atoms with Crippen LogP contribution in [0.3, 0.4) is 0 Å². The number of quaternary nitrogens is 1. The lowest BCUT2D eigenvalue weighted by molar-refractivity contribution is -0.703. The molecule has 4 nitrogen and oxygen atoms in total. The molecule has 28 heavy (non-hydrogen) atoms. The molecule has 0 aliphatic rings. The third-order valence-electron chi connectivity index (χ3n) is 4.80. The number of para-hydroxylation sites is 1. The van der Waals surface area contributed by atoms with E-state index in [-0.39, 0.29) is 18.0 Å². The van der Waals surface area contributed by atoms with Crippen molar-refractivity contribution in [1.82, 2.24) is 0 Å². The van der Waals surface area contributed by atoms with Crippen molar-refractivity contribution in [3.8, 4) is 6.07 Å². The summed E-state index contributed by atoms with van der Waals surface area (Å²) in [6.07, 6.45) is 1.00. The largest absolute Gasteiger partial charge is 0.326 e. The summed E-state index contributed by atoms with van der Waals surface area (Å²) in [5, 5.41) is 16.3. The molecule has 3 N–H and O–H groups in total. The van der Waals surface area contributed by atoms with E-state index in [0.717, 1.165) is 6.42 Å². The van der Waals surface area contributed by atoms with Crippen LogP contribution in [0.5, 0.6) is 0 Å². The number of amides is 1. The van der Waals surface area contributed by atoms with Gasteiger partial charge in [-0.1, -0.05) is 49.4 Å². The number of hydrogen-bond acceptors (Lipinski definition) is 3. The number of carbonyl (C=O) groups is 1. The van der Waals surface area contributed by atoms with E-state index in [1.54, 1.807) is 29.5 Å². The second-order valence-electron chi connectivity index (χ2n) is 6.72. The summed E-state index contributed by atoms with van der Waals surface area (Å²) in [4.78, 5) is 14.0. The Morgan fingerprint density at radius 3 is 2.54 bits per heavy atom. The van der Waals surface area contributed by atoms with Gasteiger partial charge >= 0.3 is 0 Å². The molecule has 3 aromatic rings. The van der Waals surface area contributed by atoms with Gasteiger partial charge in [0.05, 0.1) is 16.1 Å². The maximum Gasteiger partial charge on any atom is 0.282 e. The number of aryl methyl sites for hydroxylation is 1. The first-order chi connectivity index (χ1) is 13.6. The van der Waals surface area contributed by atoms with Gasteiger partial charge in [-0.15, -0.1) is 11.3 Å². The molecule has 0 aliphatic carbocycles. The van der Waals surface area contributed by atoms with Gasteiger partial charge in [0.25, 0.3) is 5.91 Å². The lowest BCUT2D eigenvalue weighted by atomic mass is 10.0. The summed E-state index contributed by atoms with van der Waals surface area (Å²) in [7, 11) is 0. The normalized spacial score (nSPS) is 12.8. The average molecular weight is 391 g/mol. The third-order valence-corrected chi connectivity index (χ3v) is 5.75. The van der Waals surface area contributed by atoms with Crippen molar-refractivity contribution in [2.24, 2.45) is 0 Å². The number of carbonyl (C=O) groups excluding carboxylic acids is 1. The maximum atomic E-state index is 12.8. The fraction of sp³-hybridized carbons (Fsp3) is 0.217. The van der Waals surface area contributed by atoms with Crippen LogP contribution in [0.4, 0.5) is 5.69 Å². The zero-order valence-corrected chi connectivity index (χ0v) is 16.9. The van der Waals surface area contributed by atoms with Crippen LogP contribution >= 0.6 is 11.3 Å². The first-order valence-corrected chi connectivity index (χ1v) is 10.3. The Hall–Kier alpha value is -2.94. The zero-order chi connectivity index (χ0) is 19.9. The fourth-order valence-corrected chi connectivity index (χ4v) is 3.94. The summed E-state index contributed by atoms with van der Waals surface area (Å²) in [5.74, 6) is -0.116. The van der Waals surface area contributed by atoms with E-state index >= 15 is 0 Å². The van der Waals surface area contributed by atoms with Gasteiger partial charge in [0.2, 0.25) is 0 Å². The van der Waals surface area contributed by atoms with E-state index < -0.39 is 0 Å². The van der Waals surface area contributed by atoms with Gasteiger partial charge in [0, 0.05) is 5.56 Å². The van der Waals surface area contributed by atoms with Gasteiger partial charge in [-0.25, -0.2) is 0 Å². The van der Waals surface area contributed by atoms with Crippen LogP contribution in [0.1, 0.15) is 41.5 Å². The van der Waals surface area contributed by atoms with Crippen LogP contribution in [0.2, 0.25) is 0 Å². The Morgan fingerprint density at radius 2 is 1.89 bits per heavy atom. The lowest BCUT2D eigenvalue weighted by Crippen LogP contribution is -2.92. The molecule has 2 aromatic carbocycles. The molecule has 0 aliphatic heterocycles. The quantitative estimate of drug-likeness (QED) is 0.643. The van der Waals surface area contributed by atoms with Gasteiger partial charge < -0.3 is 10.6 Å². The van der Waals surface area contributed by atoms with Gasteiger partial charge in [0.1, 0.15) is 12.1 Å². The molecule has 0 fully saturated rings. The van der Waals surface area contributed by atoms with Gasteiger partial charge in [-0.2, -0.15) is 5.26 Å². The van der Waals surface area contributed by atoms with Crippen LogP contribution in [0.15, 0.2) is 66.0 Å². The van der Waals surface area contributed by atoms with Crippen molar-refractivity contribution in [2.75, 3.05) is 5.32 Å². The van der Waals surface area contributed by atoms with Gasteiger partial charge in [-0.05, 0) is 42.5 Å². The SMILES string of the molecule is CCc1ccc([C@H]([NH2+][C@@H](C)C(=O)Nc2ccccc2C#N)c2cccs2)cc1. The predicted molar refractivity (Wildman–Crippen MR) is 113 cm³/mol. The Bertz CT molecular complexity index is 958. The van der Waals surface area contributed by atoms with Crippen molar-refractivity contribution in [3.63, 3.8) is 0 Å². The van der Waals surface area contributed by atoms with Crippen LogP contribution in [-0.2, 0) is 11.2 Å². The number of nitrogens with one attached hydrogen (secondary N) is 1. The van der Waals surface area contributed by atoms with Crippen molar-refractivity contribution in [3.05, 3.63) is 87.6 Å². The molecule has 1 aromatic heterocycles. The van der Waals surface area contributed by atoms with E-state index in [4.69, 9.17) is 0 Å². The Morgan fingerprint density at radius 1 is 1.14 bits per heavy atom. The molecule has 5 heteroatoms. The fourth-order valence-electron chi connectivity index (χ4n) is 3.11. The van der Waals surface area contributed by atoms with Crippen molar-refractivity contribution in [1.29, 1.82) is 5.26 Å². The minimum absolute atomic E-state index is 0.0536. The summed E-state index contributed by atoms with van der Waals surface area (Å²) >= 11 is 1.69. The van der Waals surface area contributed by atoms with Crippen molar-refractivity contribution in [2.45, 2.75) is 32.4 Å². The number of thiophene rings is 1. The highest BCUT2D eigenvalue weighted by atomic mass is 32.1. The van der Waals surface area contributed by atoms with Gasteiger partial charge in [0.15, 0.2) is 6.04 Å². The third kappa shape index (κ3) is 4.66. The highest BCUT2D eigenvalue weighted by Crippen LogP contribution is 2.23. The summed E-state index contributed by atoms with van der Waals surface area (Å²) in [5.41, 5.74) is 3.49. The molecule has 0 unspecified atom stereocenters. The molecule has 0 saturated heterocycles. The van der Waals surface area contributed by atoms with E-state index in [2.05, 4.69) is 59.3 Å². The Kier molecular flexibility index (Phi) is 6.59. The average Bonchev–Trinajstić information content (AvgIpc) is 3.27. The zero-order valence-electron chi connectivity index (χ0n) is 16.1. The number of anilines is 1. The van der Waals surface area contributed by atoms with E-state index in [0.29, 0.717) is 11.3 Å². The highest BCUT2D eigenvalue weighted by Gasteiger charge is 2.26. The highest BCUT2D eigenvalue weighted by molar-refractivity contribution is 7.10. The number of nitrogens with two attached hydrogens (primary N) is 1. The van der Waals surface area contributed by atoms with E-state index in [9.17, 15) is 10.1 Å². The van der Waals surface area contributed by atoms with Crippen molar-refractivity contribution >= 4 is 22.9 Å². The molecule has 0 radical (unpaired) electrons. The number of nitrogens with zero attached hydrogens (tertiary/aromatic N) is 1. The molecular weight excluding hydrogens is 366 g/mol. The Labute approximate surface area is 169 Å². The number of hydrogen-bond donors (Lipinski definition) is 2. The first-order valence-electron chi connectivity index (χ1n) is 9.39. The first kappa shape index (κ1) is 19.8. The molecule has 1 heterocycles. The van der Waals surface area contributed by atoms with Crippen LogP contribution < -0.4 is 10.6 Å². The molecule has 0 spiro atoms. The summed E-state index contributed by atoms with van der Waals surface area (Å²) in [6.45, 7) is 4.04. The number of nitriles is 1. The topological polar surface area (TPSA) is 69.5 Å². The minimum Gasteiger partial charge on any atom is -0.326 e. The smallest absolute Gasteiger partial charge is 0.282 e. The molecule has 0 bridgehead atoms. The van der Waals surface area contributed by atoms with Crippen LogP contribution in [0, 0.1) is 11.3 Å². The lowest BCUT2D eigenvalue weighted by Gasteiger charge is -2.20. The molecule has 3 rings (SSSR count). The monoisotopic (exact) mass is 390 g/mol. The molecule has 1 amide bonds. The van der Waals surface area contributed by atoms with E-state index in [1.165, 1.54) is 16.0 Å². The Balaban J connectivity index is 1.78. The number of rotatable bonds is 7. The standard InChI is InChI=1S/C23H23N3OS/c1-3-17-10-12-18(13-11-17)22(21-9-6-14-28-21)25-16(2)23(27)26-20-8-5-4-7-19(20)15-24/h4-14,16,22,25H,3H2,1-2H3,(H,26,27)/p+1/t16-,22-/m0/s1. The minimum atomic E-state index is -0.315.